The van der Waals surface area contributed by atoms with Gasteiger partial charge in [0.05, 0.1) is 12.8 Å². The summed E-state index contributed by atoms with van der Waals surface area (Å²) in [5.41, 5.74) is 8.90. The maximum absolute atomic E-state index is 6.02. The third kappa shape index (κ3) is 3.05. The summed E-state index contributed by atoms with van der Waals surface area (Å²) in [6.45, 7) is 6.34. The molecule has 0 saturated heterocycles. The molecule has 0 aliphatic heterocycles. The molecule has 0 unspecified atom stereocenters. The summed E-state index contributed by atoms with van der Waals surface area (Å²) in [7, 11) is 1.63. The zero-order valence-electron chi connectivity index (χ0n) is 12.4. The molecule has 0 amide bonds. The predicted octanol–water partition coefficient (Wildman–Crippen LogP) is 4.50. The van der Waals surface area contributed by atoms with Gasteiger partial charge in [-0.15, -0.1) is 0 Å². The Morgan fingerprint density at radius 1 is 1.00 bits per heavy atom. The van der Waals surface area contributed by atoms with Gasteiger partial charge in [0.15, 0.2) is 5.75 Å². The molecule has 0 fully saturated rings. The second-order valence-electron chi connectivity index (χ2n) is 5.20. The Morgan fingerprint density at radius 2 is 1.75 bits per heavy atom. The molecule has 106 valence electrons. The average Bonchev–Trinajstić information content (AvgIpc) is 2.41. The van der Waals surface area contributed by atoms with Crippen LogP contribution < -0.4 is 15.2 Å². The quantitative estimate of drug-likeness (QED) is 0.832. The largest absolute Gasteiger partial charge is 0.497 e. The fraction of sp³-hybridized carbons (Fsp3) is 0.294. The lowest BCUT2D eigenvalue weighted by atomic mass is 10.0. The molecule has 2 N–H and O–H groups in total. The van der Waals surface area contributed by atoms with E-state index < -0.39 is 0 Å². The lowest BCUT2D eigenvalue weighted by Crippen LogP contribution is -1.98. The number of ether oxygens (including phenoxy) is 2. The fourth-order valence-corrected chi connectivity index (χ4v) is 2.06. The normalized spacial score (nSPS) is 10.7. The average molecular weight is 271 g/mol. The number of nitrogen functional groups attached to an aromatic ring is 1. The number of rotatable bonds is 4. The summed E-state index contributed by atoms with van der Waals surface area (Å²) in [5.74, 6) is 2.59. The van der Waals surface area contributed by atoms with Gasteiger partial charge in [0, 0.05) is 6.07 Å². The molecule has 0 spiro atoms. The Bertz CT molecular complexity index is 606. The molecule has 0 saturated carbocycles. The van der Waals surface area contributed by atoms with Crippen LogP contribution in [0.1, 0.15) is 30.9 Å². The first kappa shape index (κ1) is 14.3. The molecule has 0 bridgehead atoms. The van der Waals surface area contributed by atoms with E-state index in [9.17, 15) is 0 Å². The van der Waals surface area contributed by atoms with Crippen LogP contribution in [0.25, 0.3) is 0 Å². The van der Waals surface area contributed by atoms with Gasteiger partial charge in [0.2, 0.25) is 0 Å². The van der Waals surface area contributed by atoms with E-state index in [4.69, 9.17) is 15.2 Å². The highest BCUT2D eigenvalue weighted by Gasteiger charge is 2.11. The van der Waals surface area contributed by atoms with Crippen molar-refractivity contribution in [3.8, 4) is 17.2 Å². The highest BCUT2D eigenvalue weighted by molar-refractivity contribution is 5.57. The molecule has 0 aromatic heterocycles. The predicted molar refractivity (Wildman–Crippen MR) is 82.7 cm³/mol. The minimum absolute atomic E-state index is 0.387. The number of nitrogens with two attached hydrogens (primary N) is 1. The van der Waals surface area contributed by atoms with Crippen LogP contribution in [0.3, 0.4) is 0 Å². The van der Waals surface area contributed by atoms with Crippen LogP contribution in [0.2, 0.25) is 0 Å². The van der Waals surface area contributed by atoms with E-state index in [2.05, 4.69) is 26.0 Å². The third-order valence-electron chi connectivity index (χ3n) is 3.23. The molecule has 0 aliphatic carbocycles. The van der Waals surface area contributed by atoms with E-state index >= 15 is 0 Å². The van der Waals surface area contributed by atoms with E-state index in [1.807, 2.05) is 25.1 Å². The van der Waals surface area contributed by atoms with Gasteiger partial charge in [-0.2, -0.15) is 0 Å². The monoisotopic (exact) mass is 271 g/mol. The van der Waals surface area contributed by atoms with Crippen molar-refractivity contribution in [1.82, 2.24) is 0 Å². The van der Waals surface area contributed by atoms with Crippen LogP contribution in [0, 0.1) is 6.92 Å². The molecule has 0 atom stereocenters. The van der Waals surface area contributed by atoms with E-state index in [-0.39, 0.29) is 0 Å². The summed E-state index contributed by atoms with van der Waals surface area (Å²) < 4.78 is 11.2. The summed E-state index contributed by atoms with van der Waals surface area (Å²) in [4.78, 5) is 0. The van der Waals surface area contributed by atoms with E-state index in [1.165, 1.54) is 0 Å². The number of hydrogen-bond donors (Lipinski definition) is 1. The smallest absolute Gasteiger partial charge is 0.154 e. The lowest BCUT2D eigenvalue weighted by molar-refractivity contribution is 0.409. The van der Waals surface area contributed by atoms with Crippen molar-refractivity contribution >= 4 is 5.69 Å². The van der Waals surface area contributed by atoms with Gasteiger partial charge >= 0.3 is 0 Å². The number of methoxy groups -OCH3 is 1. The van der Waals surface area contributed by atoms with Crippen LogP contribution in [0.5, 0.6) is 17.2 Å². The van der Waals surface area contributed by atoms with Gasteiger partial charge in [0.25, 0.3) is 0 Å². The fourth-order valence-electron chi connectivity index (χ4n) is 2.06. The minimum atomic E-state index is 0.387. The van der Waals surface area contributed by atoms with Gasteiger partial charge in [-0.1, -0.05) is 26.0 Å². The summed E-state index contributed by atoms with van der Waals surface area (Å²) >= 11 is 0. The van der Waals surface area contributed by atoms with Crippen LogP contribution in [-0.2, 0) is 0 Å². The summed E-state index contributed by atoms with van der Waals surface area (Å²) in [6.07, 6.45) is 0. The van der Waals surface area contributed by atoms with E-state index in [1.54, 1.807) is 13.2 Å². The number of hydrogen-bond acceptors (Lipinski definition) is 3. The van der Waals surface area contributed by atoms with Gasteiger partial charge in [-0.3, -0.25) is 0 Å². The highest BCUT2D eigenvalue weighted by atomic mass is 16.5. The van der Waals surface area contributed by atoms with Crippen molar-refractivity contribution < 1.29 is 9.47 Å². The van der Waals surface area contributed by atoms with Crippen LogP contribution >= 0.6 is 0 Å². The SMILES string of the molecule is COc1ccc(N)c(Oc2cc(C)ccc2C(C)C)c1. The molecule has 2 aromatic carbocycles. The van der Waals surface area contributed by atoms with Crippen molar-refractivity contribution in [2.75, 3.05) is 12.8 Å². The van der Waals surface area contributed by atoms with Crippen molar-refractivity contribution in [2.45, 2.75) is 26.7 Å². The molecule has 2 aromatic rings. The van der Waals surface area contributed by atoms with Crippen LogP contribution in [0.15, 0.2) is 36.4 Å². The Balaban J connectivity index is 2.41. The van der Waals surface area contributed by atoms with Crippen molar-refractivity contribution in [1.29, 1.82) is 0 Å². The molecule has 2 rings (SSSR count). The molecular weight excluding hydrogens is 250 g/mol. The maximum Gasteiger partial charge on any atom is 0.154 e. The lowest BCUT2D eigenvalue weighted by Gasteiger charge is -2.16. The number of aryl methyl sites for hydroxylation is 1. The van der Waals surface area contributed by atoms with Crippen molar-refractivity contribution in [3.63, 3.8) is 0 Å². The zero-order valence-corrected chi connectivity index (χ0v) is 12.4. The molecule has 3 heteroatoms. The molecular formula is C17H21NO2. The van der Waals surface area contributed by atoms with Gasteiger partial charge in [-0.25, -0.2) is 0 Å². The summed E-state index contributed by atoms with van der Waals surface area (Å²) in [5, 5.41) is 0. The first-order valence-corrected chi connectivity index (χ1v) is 6.73. The molecule has 3 nitrogen and oxygen atoms in total. The second-order valence-corrected chi connectivity index (χ2v) is 5.20. The zero-order chi connectivity index (χ0) is 14.7. The van der Waals surface area contributed by atoms with Gasteiger partial charge < -0.3 is 15.2 Å². The third-order valence-corrected chi connectivity index (χ3v) is 3.23. The number of anilines is 1. The van der Waals surface area contributed by atoms with Gasteiger partial charge in [-0.05, 0) is 42.2 Å². The molecule has 0 radical (unpaired) electrons. The summed E-state index contributed by atoms with van der Waals surface area (Å²) in [6, 6.07) is 11.7. The molecule has 0 heterocycles. The number of benzene rings is 2. The highest BCUT2D eigenvalue weighted by Crippen LogP contribution is 2.35. The second kappa shape index (κ2) is 5.87. The molecule has 0 aliphatic rings. The maximum atomic E-state index is 6.02. The van der Waals surface area contributed by atoms with E-state index in [0.717, 1.165) is 22.6 Å². The van der Waals surface area contributed by atoms with Crippen LogP contribution in [-0.4, -0.2) is 7.11 Å². The van der Waals surface area contributed by atoms with Crippen LogP contribution in [0.4, 0.5) is 5.69 Å². The minimum Gasteiger partial charge on any atom is -0.497 e. The van der Waals surface area contributed by atoms with Gasteiger partial charge in [0.1, 0.15) is 11.5 Å². The Kier molecular flexibility index (Phi) is 4.18. The van der Waals surface area contributed by atoms with E-state index in [0.29, 0.717) is 17.4 Å². The standard InChI is InChI=1S/C17H21NO2/c1-11(2)14-7-5-12(3)9-16(14)20-17-10-13(19-4)6-8-15(17)18/h5-11H,18H2,1-4H3. The Labute approximate surface area is 120 Å². The Hall–Kier alpha value is -2.16. The van der Waals surface area contributed by atoms with Crippen molar-refractivity contribution in [2.24, 2.45) is 0 Å². The first-order chi connectivity index (χ1) is 9.51. The first-order valence-electron chi connectivity index (χ1n) is 6.73. The Morgan fingerprint density at radius 3 is 2.40 bits per heavy atom. The molecule has 20 heavy (non-hydrogen) atoms. The van der Waals surface area contributed by atoms with Crippen molar-refractivity contribution in [3.05, 3.63) is 47.5 Å². The topological polar surface area (TPSA) is 44.5 Å².